The molecule has 3 aromatic carbocycles. The Bertz CT molecular complexity index is 1460. The second kappa shape index (κ2) is 6.29. The van der Waals surface area contributed by atoms with E-state index in [1.807, 2.05) is 6.07 Å². The molecule has 0 saturated heterocycles. The summed E-state index contributed by atoms with van der Waals surface area (Å²) in [6.07, 6.45) is 1.77. The zero-order valence-corrected chi connectivity index (χ0v) is 16.9. The Morgan fingerprint density at radius 2 is 1.45 bits per heavy atom. The van der Waals surface area contributed by atoms with Crippen molar-refractivity contribution in [2.75, 3.05) is 0 Å². The number of pyridine rings is 1. The van der Waals surface area contributed by atoms with Crippen LogP contribution >= 0.6 is 15.9 Å². The molecule has 0 unspecified atom stereocenters. The molecule has 0 radical (unpaired) electrons. The van der Waals surface area contributed by atoms with Crippen molar-refractivity contribution >= 4 is 48.9 Å². The van der Waals surface area contributed by atoms with Crippen LogP contribution in [-0.4, -0.2) is 19.5 Å². The van der Waals surface area contributed by atoms with Gasteiger partial charge in [0, 0.05) is 32.7 Å². The van der Waals surface area contributed by atoms with Crippen molar-refractivity contribution in [1.82, 2.24) is 19.5 Å². The number of halogens is 1. The molecule has 0 aliphatic heterocycles. The molecular formula is C24H15BrN4. The fourth-order valence-electron chi connectivity index (χ4n) is 3.98. The number of para-hydroxylation sites is 2. The predicted octanol–water partition coefficient (Wildman–Crippen LogP) is 6.48. The van der Waals surface area contributed by atoms with Crippen LogP contribution in [0.15, 0.2) is 89.5 Å². The van der Waals surface area contributed by atoms with E-state index in [4.69, 9.17) is 0 Å². The van der Waals surface area contributed by atoms with Gasteiger partial charge >= 0.3 is 0 Å². The number of imidazole rings is 1. The van der Waals surface area contributed by atoms with Gasteiger partial charge in [-0.1, -0.05) is 36.4 Å². The van der Waals surface area contributed by atoms with Gasteiger partial charge in [0.25, 0.3) is 0 Å². The van der Waals surface area contributed by atoms with E-state index in [1.165, 1.54) is 21.8 Å². The number of aromatic amines is 1. The summed E-state index contributed by atoms with van der Waals surface area (Å²) in [4.78, 5) is 12.4. The Hall–Kier alpha value is -3.44. The second-order valence-corrected chi connectivity index (χ2v) is 7.94. The third-order valence-corrected chi connectivity index (χ3v) is 5.72. The lowest BCUT2D eigenvalue weighted by Crippen LogP contribution is -1.93. The van der Waals surface area contributed by atoms with E-state index in [-0.39, 0.29) is 0 Å². The number of H-pyrrole nitrogens is 1. The van der Waals surface area contributed by atoms with Crippen LogP contribution < -0.4 is 0 Å². The Balaban J connectivity index is 1.50. The van der Waals surface area contributed by atoms with E-state index in [0.29, 0.717) is 0 Å². The molecule has 0 saturated carbocycles. The predicted molar refractivity (Wildman–Crippen MR) is 121 cm³/mol. The fraction of sp³-hybridized carbons (Fsp3) is 0. The summed E-state index contributed by atoms with van der Waals surface area (Å²) in [5.41, 5.74) is 6.21. The van der Waals surface area contributed by atoms with Gasteiger partial charge in [-0.2, -0.15) is 0 Å². The number of fused-ring (bicyclic) bond motifs is 4. The standard InChI is InChI=1S/C24H15BrN4/c25-16-13-20-24(26-14-16)28-23(27-20)15-9-11-17(12-10-15)29-21-7-3-1-5-18(21)19-6-2-4-8-22(19)29/h1-14H,(H,26,27,28). The van der Waals surface area contributed by atoms with Gasteiger partial charge in [0.05, 0.1) is 11.0 Å². The first-order valence-electron chi connectivity index (χ1n) is 9.38. The summed E-state index contributed by atoms with van der Waals surface area (Å²) in [6.45, 7) is 0. The maximum absolute atomic E-state index is 4.68. The molecule has 3 aromatic heterocycles. The van der Waals surface area contributed by atoms with Crippen LogP contribution in [0.3, 0.4) is 0 Å². The lowest BCUT2D eigenvalue weighted by molar-refractivity contribution is 1.18. The van der Waals surface area contributed by atoms with E-state index in [2.05, 4.69) is 108 Å². The fourth-order valence-corrected chi connectivity index (χ4v) is 4.30. The minimum atomic E-state index is 0.787. The Morgan fingerprint density at radius 3 is 2.14 bits per heavy atom. The summed E-state index contributed by atoms with van der Waals surface area (Å²) < 4.78 is 3.23. The molecule has 6 rings (SSSR count). The minimum absolute atomic E-state index is 0.787. The van der Waals surface area contributed by atoms with Crippen LogP contribution in [0.2, 0.25) is 0 Å². The summed E-state index contributed by atoms with van der Waals surface area (Å²) in [7, 11) is 0. The second-order valence-electron chi connectivity index (χ2n) is 7.02. The van der Waals surface area contributed by atoms with Crippen LogP contribution in [-0.2, 0) is 0 Å². The number of hydrogen-bond acceptors (Lipinski definition) is 2. The lowest BCUT2D eigenvalue weighted by atomic mass is 10.2. The van der Waals surface area contributed by atoms with E-state index in [1.54, 1.807) is 6.20 Å². The van der Waals surface area contributed by atoms with Crippen molar-refractivity contribution in [1.29, 1.82) is 0 Å². The number of nitrogens with zero attached hydrogens (tertiary/aromatic N) is 3. The number of benzene rings is 3. The maximum atomic E-state index is 4.68. The first-order chi connectivity index (χ1) is 14.3. The van der Waals surface area contributed by atoms with Gasteiger partial charge in [0.2, 0.25) is 0 Å². The molecule has 3 heterocycles. The van der Waals surface area contributed by atoms with E-state index >= 15 is 0 Å². The molecule has 0 fully saturated rings. The molecule has 0 aliphatic carbocycles. The highest BCUT2D eigenvalue weighted by Crippen LogP contribution is 2.32. The summed E-state index contributed by atoms with van der Waals surface area (Å²) in [5.74, 6) is 0.819. The van der Waals surface area contributed by atoms with Crippen LogP contribution in [0, 0.1) is 0 Å². The maximum Gasteiger partial charge on any atom is 0.157 e. The van der Waals surface area contributed by atoms with Crippen LogP contribution in [0.25, 0.3) is 50.0 Å². The SMILES string of the molecule is Brc1cnc2[nH]c(-c3ccc(-n4c5ccccc5c5ccccc54)cc3)nc2c1. The third-order valence-electron chi connectivity index (χ3n) is 5.28. The van der Waals surface area contributed by atoms with Crippen molar-refractivity contribution in [3.8, 4) is 17.1 Å². The molecule has 1 N–H and O–H groups in total. The molecule has 0 aliphatic rings. The largest absolute Gasteiger partial charge is 0.323 e. The molecule has 138 valence electrons. The van der Waals surface area contributed by atoms with Gasteiger partial charge in [-0.05, 0) is 58.4 Å². The lowest BCUT2D eigenvalue weighted by Gasteiger charge is -2.08. The van der Waals surface area contributed by atoms with Gasteiger partial charge in [-0.15, -0.1) is 0 Å². The van der Waals surface area contributed by atoms with Gasteiger partial charge in [0.15, 0.2) is 5.65 Å². The summed E-state index contributed by atoms with van der Waals surface area (Å²) >= 11 is 3.45. The number of hydrogen-bond donors (Lipinski definition) is 1. The van der Waals surface area contributed by atoms with E-state index < -0.39 is 0 Å². The highest BCUT2D eigenvalue weighted by Gasteiger charge is 2.12. The van der Waals surface area contributed by atoms with Gasteiger partial charge in [-0.3, -0.25) is 0 Å². The number of aromatic nitrogens is 4. The van der Waals surface area contributed by atoms with E-state index in [0.717, 1.165) is 32.7 Å². The average Bonchev–Trinajstić information content (AvgIpc) is 3.33. The Labute approximate surface area is 175 Å². The van der Waals surface area contributed by atoms with Crippen LogP contribution in [0.1, 0.15) is 0 Å². The zero-order valence-electron chi connectivity index (χ0n) is 15.3. The quantitative estimate of drug-likeness (QED) is 0.336. The van der Waals surface area contributed by atoms with Gasteiger partial charge in [-0.25, -0.2) is 9.97 Å². The Morgan fingerprint density at radius 1 is 0.793 bits per heavy atom. The molecule has 0 spiro atoms. The molecule has 0 atom stereocenters. The molecule has 6 aromatic rings. The normalized spacial score (nSPS) is 11.6. The monoisotopic (exact) mass is 438 g/mol. The first kappa shape index (κ1) is 16.5. The molecular weight excluding hydrogens is 424 g/mol. The van der Waals surface area contributed by atoms with Gasteiger partial charge < -0.3 is 9.55 Å². The topological polar surface area (TPSA) is 46.5 Å². The first-order valence-corrected chi connectivity index (χ1v) is 10.2. The highest BCUT2D eigenvalue weighted by molar-refractivity contribution is 9.10. The van der Waals surface area contributed by atoms with Crippen molar-refractivity contribution in [3.63, 3.8) is 0 Å². The number of rotatable bonds is 2. The van der Waals surface area contributed by atoms with E-state index in [9.17, 15) is 0 Å². The highest BCUT2D eigenvalue weighted by atomic mass is 79.9. The van der Waals surface area contributed by atoms with Crippen molar-refractivity contribution in [3.05, 3.63) is 89.5 Å². The van der Waals surface area contributed by atoms with Crippen LogP contribution in [0.5, 0.6) is 0 Å². The van der Waals surface area contributed by atoms with Crippen LogP contribution in [0.4, 0.5) is 0 Å². The smallest absolute Gasteiger partial charge is 0.157 e. The summed E-state index contributed by atoms with van der Waals surface area (Å²) in [6, 6.07) is 27.5. The molecule has 4 nitrogen and oxygen atoms in total. The summed E-state index contributed by atoms with van der Waals surface area (Å²) in [5, 5.41) is 2.53. The molecule has 0 bridgehead atoms. The third kappa shape index (κ3) is 2.58. The average molecular weight is 439 g/mol. The number of nitrogens with one attached hydrogen (secondary N) is 1. The van der Waals surface area contributed by atoms with Crippen molar-refractivity contribution in [2.45, 2.75) is 0 Å². The molecule has 0 amide bonds. The van der Waals surface area contributed by atoms with Crippen molar-refractivity contribution < 1.29 is 0 Å². The Kier molecular flexibility index (Phi) is 3.58. The van der Waals surface area contributed by atoms with Crippen molar-refractivity contribution in [2.24, 2.45) is 0 Å². The van der Waals surface area contributed by atoms with Gasteiger partial charge in [0.1, 0.15) is 11.3 Å². The molecule has 5 heteroatoms. The molecule has 29 heavy (non-hydrogen) atoms. The minimum Gasteiger partial charge on any atom is -0.323 e. The zero-order chi connectivity index (χ0) is 19.4.